The van der Waals surface area contributed by atoms with Gasteiger partial charge in [0.25, 0.3) is 0 Å². The van der Waals surface area contributed by atoms with Gasteiger partial charge in [0.1, 0.15) is 0 Å². The Morgan fingerprint density at radius 3 is 1.67 bits per heavy atom. The molecule has 0 aliphatic heterocycles. The molecule has 0 amide bonds. The Bertz CT molecular complexity index is 194. The molecule has 88 valence electrons. The summed E-state index contributed by atoms with van der Waals surface area (Å²) >= 11 is 0. The lowest BCUT2D eigenvalue weighted by atomic mass is 9.51. The van der Waals surface area contributed by atoms with Crippen LogP contribution in [-0.4, -0.2) is 23.4 Å². The predicted octanol–water partition coefficient (Wildman–Crippen LogP) is 2.48. The highest BCUT2D eigenvalue weighted by atomic mass is 16.3. The van der Waals surface area contributed by atoms with Gasteiger partial charge in [-0.15, -0.1) is 0 Å². The molecule has 2 saturated carbocycles. The van der Waals surface area contributed by atoms with Crippen molar-refractivity contribution < 1.29 is 10.2 Å². The minimum absolute atomic E-state index is 0.161. The summed E-state index contributed by atoms with van der Waals surface area (Å²) in [4.78, 5) is 0. The summed E-state index contributed by atoms with van der Waals surface area (Å²) in [6.45, 7) is 0.368. The molecule has 1 spiro atoms. The van der Waals surface area contributed by atoms with E-state index in [1.54, 1.807) is 0 Å². The van der Waals surface area contributed by atoms with Crippen molar-refractivity contribution in [3.63, 3.8) is 0 Å². The number of aliphatic hydroxyl groups is 2. The highest BCUT2D eigenvalue weighted by molar-refractivity contribution is 5.01. The van der Waals surface area contributed by atoms with Crippen LogP contribution in [0.2, 0.25) is 0 Å². The van der Waals surface area contributed by atoms with Crippen molar-refractivity contribution in [3.8, 4) is 0 Å². The van der Waals surface area contributed by atoms with E-state index >= 15 is 0 Å². The molecule has 0 atom stereocenters. The molecule has 2 fully saturated rings. The Hall–Kier alpha value is -0.0800. The molecule has 0 heterocycles. The van der Waals surface area contributed by atoms with Crippen molar-refractivity contribution in [1.82, 2.24) is 0 Å². The second kappa shape index (κ2) is 4.42. The van der Waals surface area contributed by atoms with Crippen LogP contribution >= 0.6 is 0 Å². The lowest BCUT2D eigenvalue weighted by molar-refractivity contribution is -0.109. The van der Waals surface area contributed by atoms with E-state index in [0.29, 0.717) is 0 Å². The van der Waals surface area contributed by atoms with Crippen LogP contribution < -0.4 is 0 Å². The van der Waals surface area contributed by atoms with Gasteiger partial charge < -0.3 is 10.2 Å². The van der Waals surface area contributed by atoms with Crippen LogP contribution in [0.15, 0.2) is 0 Å². The first-order valence-electron chi connectivity index (χ1n) is 6.50. The molecule has 0 aromatic rings. The zero-order chi connectivity index (χ0) is 10.8. The third-order valence-corrected chi connectivity index (χ3v) is 5.10. The average Bonchev–Trinajstić information content (AvgIpc) is 2.31. The first-order valence-corrected chi connectivity index (χ1v) is 6.50. The molecule has 2 aliphatic rings. The second-order valence-corrected chi connectivity index (χ2v) is 5.64. The van der Waals surface area contributed by atoms with Crippen molar-refractivity contribution in [1.29, 1.82) is 0 Å². The Morgan fingerprint density at radius 2 is 1.13 bits per heavy atom. The fourth-order valence-electron chi connectivity index (χ4n) is 4.01. The predicted molar refractivity (Wildman–Crippen MR) is 60.6 cm³/mol. The van der Waals surface area contributed by atoms with Crippen LogP contribution in [0.4, 0.5) is 0 Å². The molecule has 0 aromatic carbocycles. The smallest absolute Gasteiger partial charge is 0.0514 e. The van der Waals surface area contributed by atoms with Crippen molar-refractivity contribution in [3.05, 3.63) is 0 Å². The maximum atomic E-state index is 9.70. The summed E-state index contributed by atoms with van der Waals surface area (Å²) in [6, 6.07) is 0. The summed E-state index contributed by atoms with van der Waals surface area (Å²) < 4.78 is 0. The third-order valence-electron chi connectivity index (χ3n) is 5.10. The van der Waals surface area contributed by atoms with Gasteiger partial charge in [-0.25, -0.2) is 0 Å². The molecular weight excluding hydrogens is 188 g/mol. The van der Waals surface area contributed by atoms with Gasteiger partial charge in [0.2, 0.25) is 0 Å². The van der Waals surface area contributed by atoms with E-state index in [2.05, 4.69) is 0 Å². The highest BCUT2D eigenvalue weighted by Gasteiger charge is 2.51. The summed E-state index contributed by atoms with van der Waals surface area (Å²) in [5, 5.41) is 19.4. The molecular formula is C13H24O2. The van der Waals surface area contributed by atoms with Gasteiger partial charge in [0, 0.05) is 5.41 Å². The topological polar surface area (TPSA) is 40.5 Å². The standard InChI is InChI=1S/C13H24O2/c14-10-13(11-15)9-5-4-8-12(13)6-2-1-3-7-12/h14-15H,1-11H2. The van der Waals surface area contributed by atoms with Crippen LogP contribution in [0.1, 0.15) is 57.8 Å². The van der Waals surface area contributed by atoms with Gasteiger partial charge in [-0.2, -0.15) is 0 Å². The second-order valence-electron chi connectivity index (χ2n) is 5.64. The molecule has 15 heavy (non-hydrogen) atoms. The van der Waals surface area contributed by atoms with E-state index in [1.165, 1.54) is 51.4 Å². The SMILES string of the molecule is OCC1(CO)CCCCC12CCCCC2. The Labute approximate surface area is 92.7 Å². The lowest BCUT2D eigenvalue weighted by Crippen LogP contribution is -2.50. The molecule has 0 bridgehead atoms. The van der Waals surface area contributed by atoms with E-state index in [9.17, 15) is 10.2 Å². The van der Waals surface area contributed by atoms with Crippen LogP contribution in [-0.2, 0) is 0 Å². The molecule has 2 heteroatoms. The fourth-order valence-corrected chi connectivity index (χ4v) is 4.01. The highest BCUT2D eigenvalue weighted by Crippen LogP contribution is 2.57. The monoisotopic (exact) mass is 212 g/mol. The quantitative estimate of drug-likeness (QED) is 0.738. The number of rotatable bonds is 2. The molecule has 0 radical (unpaired) electrons. The Morgan fingerprint density at radius 1 is 0.667 bits per heavy atom. The van der Waals surface area contributed by atoms with Gasteiger partial charge in [-0.1, -0.05) is 32.1 Å². The molecule has 2 nitrogen and oxygen atoms in total. The summed E-state index contributed by atoms with van der Waals surface area (Å²) in [6.07, 6.45) is 11.1. The van der Waals surface area contributed by atoms with Crippen LogP contribution in [0.3, 0.4) is 0 Å². The lowest BCUT2D eigenvalue weighted by Gasteiger charge is -2.54. The van der Waals surface area contributed by atoms with E-state index in [-0.39, 0.29) is 24.0 Å². The van der Waals surface area contributed by atoms with Crippen molar-refractivity contribution in [2.45, 2.75) is 57.8 Å². The summed E-state index contributed by atoms with van der Waals surface area (Å²) in [5.41, 5.74) is 0.110. The van der Waals surface area contributed by atoms with Crippen molar-refractivity contribution in [2.75, 3.05) is 13.2 Å². The van der Waals surface area contributed by atoms with Crippen molar-refractivity contribution in [2.24, 2.45) is 10.8 Å². The minimum atomic E-state index is -0.161. The maximum absolute atomic E-state index is 9.70. The minimum Gasteiger partial charge on any atom is -0.396 e. The van der Waals surface area contributed by atoms with Gasteiger partial charge in [-0.3, -0.25) is 0 Å². The molecule has 0 unspecified atom stereocenters. The normalized spacial score (nSPS) is 29.2. The number of aliphatic hydroxyl groups excluding tert-OH is 2. The van der Waals surface area contributed by atoms with E-state index in [1.807, 2.05) is 0 Å². The zero-order valence-electron chi connectivity index (χ0n) is 9.67. The molecule has 0 aromatic heterocycles. The zero-order valence-corrected chi connectivity index (χ0v) is 9.67. The summed E-state index contributed by atoms with van der Waals surface area (Å²) in [5.74, 6) is 0. The van der Waals surface area contributed by atoms with Crippen LogP contribution in [0.25, 0.3) is 0 Å². The maximum Gasteiger partial charge on any atom is 0.0514 e. The number of hydrogen-bond donors (Lipinski definition) is 2. The largest absolute Gasteiger partial charge is 0.396 e. The van der Waals surface area contributed by atoms with Gasteiger partial charge >= 0.3 is 0 Å². The van der Waals surface area contributed by atoms with Gasteiger partial charge in [-0.05, 0) is 31.1 Å². The summed E-state index contributed by atoms with van der Waals surface area (Å²) in [7, 11) is 0. The molecule has 0 saturated heterocycles. The third kappa shape index (κ3) is 1.72. The van der Waals surface area contributed by atoms with E-state index in [4.69, 9.17) is 0 Å². The first-order chi connectivity index (χ1) is 7.29. The van der Waals surface area contributed by atoms with Crippen LogP contribution in [0.5, 0.6) is 0 Å². The van der Waals surface area contributed by atoms with Crippen LogP contribution in [0, 0.1) is 10.8 Å². The molecule has 2 rings (SSSR count). The average molecular weight is 212 g/mol. The van der Waals surface area contributed by atoms with E-state index < -0.39 is 0 Å². The molecule has 2 N–H and O–H groups in total. The fraction of sp³-hybridized carbons (Fsp3) is 1.00. The van der Waals surface area contributed by atoms with Crippen molar-refractivity contribution >= 4 is 0 Å². The number of hydrogen-bond acceptors (Lipinski definition) is 2. The molecule has 2 aliphatic carbocycles. The Kier molecular flexibility index (Phi) is 3.36. The Balaban J connectivity index is 2.23. The van der Waals surface area contributed by atoms with Gasteiger partial charge in [0.15, 0.2) is 0 Å². The first kappa shape index (κ1) is 11.4. The van der Waals surface area contributed by atoms with Gasteiger partial charge in [0.05, 0.1) is 13.2 Å². The van der Waals surface area contributed by atoms with E-state index in [0.717, 1.165) is 6.42 Å².